The van der Waals surface area contributed by atoms with E-state index < -0.39 is 5.97 Å². The van der Waals surface area contributed by atoms with Crippen LogP contribution < -0.4 is 5.32 Å². The average Bonchev–Trinajstić information content (AvgIpc) is 2.07. The lowest BCUT2D eigenvalue weighted by atomic mass is 10.1. The number of aromatic carboxylic acids is 1. The Labute approximate surface area is 95.1 Å². The zero-order valence-corrected chi connectivity index (χ0v) is 9.65. The van der Waals surface area contributed by atoms with Gasteiger partial charge in [0.25, 0.3) is 0 Å². The minimum atomic E-state index is -1.13. The summed E-state index contributed by atoms with van der Waals surface area (Å²) in [5.74, 6) is -1.35. The molecule has 4 nitrogen and oxygen atoms in total. The molecule has 3 N–H and O–H groups in total. The zero-order chi connectivity index (χ0) is 10.7. The molecule has 0 aliphatic rings. The normalized spacial score (nSPS) is 12.1. The van der Waals surface area contributed by atoms with E-state index in [0.29, 0.717) is 5.69 Å². The van der Waals surface area contributed by atoms with Crippen LogP contribution in [0.4, 0.5) is 5.69 Å². The molecule has 76 valence electrons. The maximum absolute atomic E-state index is 10.7. The molecule has 1 rings (SSSR count). The number of alkyl halides is 1. The van der Waals surface area contributed by atoms with Crippen molar-refractivity contribution in [1.29, 1.82) is 0 Å². The topological polar surface area (TPSA) is 69.6 Å². The number of aromatic hydroxyl groups is 1. The molecule has 0 fully saturated rings. The van der Waals surface area contributed by atoms with Crippen molar-refractivity contribution >= 4 is 34.2 Å². The van der Waals surface area contributed by atoms with Gasteiger partial charge in [-0.05, 0) is 19.1 Å². The number of carboxylic acids is 1. The highest BCUT2D eigenvalue weighted by atomic mass is 127. The minimum Gasteiger partial charge on any atom is -0.505 e. The average molecular weight is 307 g/mol. The molecule has 0 bridgehead atoms. The second kappa shape index (κ2) is 4.50. The fourth-order valence-electron chi connectivity index (χ4n) is 1.05. The Morgan fingerprint density at radius 3 is 2.71 bits per heavy atom. The number of phenols is 1. The van der Waals surface area contributed by atoms with Crippen molar-refractivity contribution < 1.29 is 15.0 Å². The first kappa shape index (κ1) is 11.1. The van der Waals surface area contributed by atoms with Crippen LogP contribution in [0, 0.1) is 0 Å². The Kier molecular flexibility index (Phi) is 3.56. The Morgan fingerprint density at radius 1 is 1.57 bits per heavy atom. The van der Waals surface area contributed by atoms with E-state index >= 15 is 0 Å². The number of carboxylic acid groups (broad SMARTS) is 1. The smallest absolute Gasteiger partial charge is 0.339 e. The quantitative estimate of drug-likeness (QED) is 0.347. The lowest BCUT2D eigenvalue weighted by Gasteiger charge is -2.11. The van der Waals surface area contributed by atoms with Crippen molar-refractivity contribution in [2.75, 3.05) is 5.32 Å². The zero-order valence-electron chi connectivity index (χ0n) is 7.49. The Morgan fingerprint density at radius 2 is 2.21 bits per heavy atom. The van der Waals surface area contributed by atoms with Crippen LogP contribution in [-0.4, -0.2) is 20.2 Å². The molecule has 0 radical (unpaired) electrons. The molecule has 1 unspecified atom stereocenters. The highest BCUT2D eigenvalue weighted by Gasteiger charge is 2.12. The van der Waals surface area contributed by atoms with Crippen LogP contribution in [0.25, 0.3) is 0 Å². The van der Waals surface area contributed by atoms with Crippen molar-refractivity contribution in [2.24, 2.45) is 0 Å². The van der Waals surface area contributed by atoms with Gasteiger partial charge in [-0.15, -0.1) is 0 Å². The van der Waals surface area contributed by atoms with Crippen molar-refractivity contribution in [3.8, 4) is 5.75 Å². The van der Waals surface area contributed by atoms with Gasteiger partial charge < -0.3 is 15.5 Å². The largest absolute Gasteiger partial charge is 0.505 e. The van der Waals surface area contributed by atoms with Crippen molar-refractivity contribution in [3.63, 3.8) is 0 Å². The number of nitrogens with one attached hydrogen (secondary N) is 1. The van der Waals surface area contributed by atoms with Crippen LogP contribution in [0.2, 0.25) is 0 Å². The monoisotopic (exact) mass is 307 g/mol. The third-order valence-electron chi connectivity index (χ3n) is 1.62. The van der Waals surface area contributed by atoms with Crippen molar-refractivity contribution in [3.05, 3.63) is 23.8 Å². The summed E-state index contributed by atoms with van der Waals surface area (Å²) in [6.07, 6.45) is 0. The molecule has 0 heterocycles. The molecule has 0 aliphatic carbocycles. The van der Waals surface area contributed by atoms with E-state index in [1.165, 1.54) is 6.07 Å². The third-order valence-corrected chi connectivity index (χ3v) is 1.93. The molecule has 1 atom stereocenters. The molecule has 0 saturated heterocycles. The standard InChI is InChI=1S/C9H10INO3/c1-5(10)11-7-4-2-3-6(8(7)12)9(13)14/h2-5,11-12H,1H3,(H,13,14). The number of hydrogen-bond acceptors (Lipinski definition) is 3. The second-order valence-corrected chi connectivity index (χ2v) is 4.64. The molecule has 0 aliphatic heterocycles. The fourth-order valence-corrected chi connectivity index (χ4v) is 1.38. The van der Waals surface area contributed by atoms with Gasteiger partial charge in [-0.25, -0.2) is 4.79 Å². The third kappa shape index (κ3) is 2.50. The Bertz CT molecular complexity index is 352. The summed E-state index contributed by atoms with van der Waals surface area (Å²) < 4.78 is 0.113. The highest BCUT2D eigenvalue weighted by molar-refractivity contribution is 14.1. The van der Waals surface area contributed by atoms with Gasteiger partial charge in [-0.3, -0.25) is 0 Å². The van der Waals surface area contributed by atoms with Gasteiger partial charge in [0.05, 0.1) is 9.74 Å². The van der Waals surface area contributed by atoms with Crippen molar-refractivity contribution in [2.45, 2.75) is 11.0 Å². The number of anilines is 1. The van der Waals surface area contributed by atoms with Crippen LogP contribution in [0.3, 0.4) is 0 Å². The van der Waals surface area contributed by atoms with E-state index in [1.54, 1.807) is 12.1 Å². The molecule has 0 saturated carbocycles. The molecule has 1 aromatic rings. The van der Waals surface area contributed by atoms with Crippen LogP contribution in [0.15, 0.2) is 18.2 Å². The Balaban J connectivity index is 3.07. The highest BCUT2D eigenvalue weighted by Crippen LogP contribution is 2.28. The first-order chi connectivity index (χ1) is 6.52. The molecule has 0 amide bonds. The number of para-hydroxylation sites is 1. The molecular weight excluding hydrogens is 297 g/mol. The molecule has 0 spiro atoms. The SMILES string of the molecule is CC(I)Nc1cccc(C(=O)O)c1O. The number of hydrogen-bond donors (Lipinski definition) is 3. The van der Waals surface area contributed by atoms with Gasteiger partial charge in [0.2, 0.25) is 0 Å². The summed E-state index contributed by atoms with van der Waals surface area (Å²) in [5.41, 5.74) is 0.346. The van der Waals surface area contributed by atoms with E-state index in [9.17, 15) is 9.90 Å². The predicted molar refractivity (Wildman–Crippen MR) is 62.2 cm³/mol. The van der Waals surface area contributed by atoms with E-state index in [-0.39, 0.29) is 15.4 Å². The maximum Gasteiger partial charge on any atom is 0.339 e. The van der Waals surface area contributed by atoms with E-state index in [1.807, 2.05) is 6.92 Å². The maximum atomic E-state index is 10.7. The summed E-state index contributed by atoms with van der Waals surface area (Å²) >= 11 is 2.12. The Hall–Kier alpha value is -0.980. The van der Waals surface area contributed by atoms with Crippen LogP contribution in [-0.2, 0) is 0 Å². The number of halogens is 1. The summed E-state index contributed by atoms with van der Waals surface area (Å²) in [5, 5.41) is 21.2. The van der Waals surface area contributed by atoms with Crippen LogP contribution in [0.1, 0.15) is 17.3 Å². The van der Waals surface area contributed by atoms with Gasteiger partial charge in [-0.1, -0.05) is 28.7 Å². The number of rotatable bonds is 3. The lowest BCUT2D eigenvalue weighted by molar-refractivity contribution is 0.0694. The van der Waals surface area contributed by atoms with Gasteiger partial charge in [0, 0.05) is 0 Å². The van der Waals surface area contributed by atoms with E-state index in [0.717, 1.165) is 0 Å². The molecule has 0 aromatic heterocycles. The van der Waals surface area contributed by atoms with E-state index in [4.69, 9.17) is 5.11 Å². The van der Waals surface area contributed by atoms with Gasteiger partial charge in [0.15, 0.2) is 5.75 Å². The summed E-state index contributed by atoms with van der Waals surface area (Å²) in [7, 11) is 0. The first-order valence-corrected chi connectivity index (χ1v) is 5.23. The minimum absolute atomic E-state index is 0.0907. The second-order valence-electron chi connectivity index (χ2n) is 2.77. The molecule has 1 aromatic carbocycles. The van der Waals surface area contributed by atoms with E-state index in [2.05, 4.69) is 27.9 Å². The van der Waals surface area contributed by atoms with Gasteiger partial charge in [0.1, 0.15) is 5.56 Å². The molecule has 5 heteroatoms. The molecular formula is C9H10INO3. The van der Waals surface area contributed by atoms with Gasteiger partial charge >= 0.3 is 5.97 Å². The summed E-state index contributed by atoms with van der Waals surface area (Å²) in [6, 6.07) is 4.59. The van der Waals surface area contributed by atoms with Crippen LogP contribution in [0.5, 0.6) is 5.75 Å². The fraction of sp³-hybridized carbons (Fsp3) is 0.222. The number of benzene rings is 1. The first-order valence-electron chi connectivity index (χ1n) is 3.98. The molecule has 14 heavy (non-hydrogen) atoms. The van der Waals surface area contributed by atoms with Crippen LogP contribution >= 0.6 is 22.6 Å². The van der Waals surface area contributed by atoms with Crippen molar-refractivity contribution in [1.82, 2.24) is 0 Å². The summed E-state index contributed by atoms with van der Waals surface area (Å²) in [6.45, 7) is 1.90. The predicted octanol–water partition coefficient (Wildman–Crippen LogP) is 2.28. The summed E-state index contributed by atoms with van der Waals surface area (Å²) in [4.78, 5) is 10.7. The van der Waals surface area contributed by atoms with Gasteiger partial charge in [-0.2, -0.15) is 0 Å². The lowest BCUT2D eigenvalue weighted by Crippen LogP contribution is -2.07. The number of carbonyl (C=O) groups is 1.